The summed E-state index contributed by atoms with van der Waals surface area (Å²) >= 11 is 0. The van der Waals surface area contributed by atoms with Gasteiger partial charge in [-0.05, 0) is 25.0 Å². The highest BCUT2D eigenvalue weighted by Crippen LogP contribution is 2.17. The van der Waals surface area contributed by atoms with Crippen molar-refractivity contribution in [1.82, 2.24) is 10.2 Å². The second-order valence-corrected chi connectivity index (χ2v) is 2.55. The van der Waals surface area contributed by atoms with E-state index >= 15 is 0 Å². The Labute approximate surface area is 69.6 Å². The highest BCUT2D eigenvalue weighted by atomic mass is 19.3. The zero-order valence-electron chi connectivity index (χ0n) is 7.01. The van der Waals surface area contributed by atoms with E-state index in [-0.39, 0.29) is 5.69 Å². The smallest absolute Gasteiger partial charge is 0.203 e. The van der Waals surface area contributed by atoms with Crippen molar-refractivity contribution in [3.05, 3.63) is 23.0 Å². The van der Waals surface area contributed by atoms with Crippen LogP contribution in [-0.4, -0.2) is 10.2 Å². The van der Waals surface area contributed by atoms with Crippen molar-refractivity contribution in [1.29, 1.82) is 0 Å². The van der Waals surface area contributed by atoms with Gasteiger partial charge in [0.25, 0.3) is 6.43 Å². The lowest BCUT2D eigenvalue weighted by Gasteiger charge is -2.02. The highest BCUT2D eigenvalue weighted by molar-refractivity contribution is 5.19. The number of halogens is 2. The van der Waals surface area contributed by atoms with Crippen LogP contribution in [0.25, 0.3) is 0 Å². The van der Waals surface area contributed by atoms with E-state index in [2.05, 4.69) is 10.2 Å². The van der Waals surface area contributed by atoms with Gasteiger partial charge in [-0.15, -0.1) is 5.10 Å². The molecule has 0 fully saturated rings. The third-order valence-electron chi connectivity index (χ3n) is 1.66. The second-order valence-electron chi connectivity index (χ2n) is 2.55. The van der Waals surface area contributed by atoms with Crippen LogP contribution in [0.2, 0.25) is 0 Å². The van der Waals surface area contributed by atoms with Gasteiger partial charge in [0.05, 0.1) is 5.69 Å². The first-order chi connectivity index (χ1) is 5.65. The van der Waals surface area contributed by atoms with Crippen LogP contribution in [0, 0.1) is 6.92 Å². The summed E-state index contributed by atoms with van der Waals surface area (Å²) in [4.78, 5) is 0. The molecule has 0 bridgehead atoms. The number of aromatic nitrogens is 2. The predicted molar refractivity (Wildman–Crippen MR) is 41.1 cm³/mol. The summed E-state index contributed by atoms with van der Waals surface area (Å²) in [5.41, 5.74) is 1.31. The van der Waals surface area contributed by atoms with Crippen molar-refractivity contribution in [3.63, 3.8) is 0 Å². The van der Waals surface area contributed by atoms with Gasteiger partial charge in [0.2, 0.25) is 0 Å². The Bertz CT molecular complexity index is 274. The average Bonchev–Trinajstić information content (AvgIpc) is 2.04. The average molecular weight is 172 g/mol. The van der Waals surface area contributed by atoms with Gasteiger partial charge in [-0.25, -0.2) is 8.78 Å². The van der Waals surface area contributed by atoms with E-state index in [1.54, 1.807) is 6.92 Å². The Morgan fingerprint density at radius 3 is 2.50 bits per heavy atom. The summed E-state index contributed by atoms with van der Waals surface area (Å²) in [5.74, 6) is 0. The first-order valence-corrected chi connectivity index (χ1v) is 3.76. The van der Waals surface area contributed by atoms with E-state index in [1.165, 1.54) is 6.07 Å². The fourth-order valence-electron chi connectivity index (χ4n) is 0.987. The molecule has 0 aliphatic heterocycles. The maximum absolute atomic E-state index is 12.1. The van der Waals surface area contributed by atoms with Gasteiger partial charge in [-0.3, -0.25) is 0 Å². The van der Waals surface area contributed by atoms with E-state index in [0.717, 1.165) is 17.7 Å². The molecule has 0 amide bonds. The largest absolute Gasteiger partial charge is 0.282 e. The van der Waals surface area contributed by atoms with Crippen LogP contribution in [0.5, 0.6) is 0 Å². The van der Waals surface area contributed by atoms with Crippen molar-refractivity contribution in [2.75, 3.05) is 0 Å². The topological polar surface area (TPSA) is 25.8 Å². The minimum Gasteiger partial charge on any atom is -0.203 e. The predicted octanol–water partition coefficient (Wildman–Crippen LogP) is 2.29. The first kappa shape index (κ1) is 9.03. The third kappa shape index (κ3) is 1.75. The zero-order valence-corrected chi connectivity index (χ0v) is 7.01. The molecule has 0 aromatic carbocycles. The molecule has 0 N–H and O–H groups in total. The quantitative estimate of drug-likeness (QED) is 0.684. The lowest BCUT2D eigenvalue weighted by Crippen LogP contribution is -2.00. The Morgan fingerprint density at radius 2 is 2.08 bits per heavy atom. The van der Waals surface area contributed by atoms with Crippen molar-refractivity contribution in [2.24, 2.45) is 0 Å². The van der Waals surface area contributed by atoms with Crippen molar-refractivity contribution < 1.29 is 8.78 Å². The minimum atomic E-state index is -2.53. The molecule has 0 radical (unpaired) electrons. The van der Waals surface area contributed by atoms with E-state index in [0.29, 0.717) is 0 Å². The lowest BCUT2D eigenvalue weighted by atomic mass is 10.2. The molecule has 1 aromatic rings. The lowest BCUT2D eigenvalue weighted by molar-refractivity contribution is 0.144. The first-order valence-electron chi connectivity index (χ1n) is 3.76. The molecule has 0 aliphatic carbocycles. The summed E-state index contributed by atoms with van der Waals surface area (Å²) in [6, 6.07) is 1.39. The molecule has 0 atom stereocenters. The molecule has 1 aromatic heterocycles. The molecule has 66 valence electrons. The molecular weight excluding hydrogens is 162 g/mol. The van der Waals surface area contributed by atoms with E-state index in [9.17, 15) is 8.78 Å². The van der Waals surface area contributed by atoms with Gasteiger partial charge in [-0.1, -0.05) is 6.92 Å². The normalized spacial score (nSPS) is 10.8. The van der Waals surface area contributed by atoms with Crippen LogP contribution in [-0.2, 0) is 6.42 Å². The summed E-state index contributed by atoms with van der Waals surface area (Å²) in [6.45, 7) is 3.68. The summed E-state index contributed by atoms with van der Waals surface area (Å²) in [6.07, 6.45) is -1.80. The van der Waals surface area contributed by atoms with Gasteiger partial charge in [0.1, 0.15) is 5.69 Å². The van der Waals surface area contributed by atoms with Gasteiger partial charge >= 0.3 is 0 Å². The molecule has 12 heavy (non-hydrogen) atoms. The number of hydrogen-bond donors (Lipinski definition) is 0. The van der Waals surface area contributed by atoms with Crippen LogP contribution >= 0.6 is 0 Å². The Balaban J connectivity index is 3.02. The van der Waals surface area contributed by atoms with Crippen molar-refractivity contribution in [3.8, 4) is 0 Å². The number of rotatable bonds is 2. The summed E-state index contributed by atoms with van der Waals surface area (Å²) in [5, 5.41) is 7.10. The standard InChI is InChI=1S/C8H10F2N2/c1-3-6-5(2)4-7(8(9)10)12-11-6/h4,8H,3H2,1-2H3. The van der Waals surface area contributed by atoms with Crippen molar-refractivity contribution >= 4 is 0 Å². The van der Waals surface area contributed by atoms with E-state index < -0.39 is 6.43 Å². The Morgan fingerprint density at radius 1 is 1.42 bits per heavy atom. The fraction of sp³-hybridized carbons (Fsp3) is 0.500. The molecule has 0 saturated heterocycles. The monoisotopic (exact) mass is 172 g/mol. The number of aryl methyl sites for hydroxylation is 2. The molecule has 0 unspecified atom stereocenters. The Hall–Kier alpha value is -1.06. The van der Waals surface area contributed by atoms with Gasteiger partial charge in [0.15, 0.2) is 0 Å². The van der Waals surface area contributed by atoms with Crippen LogP contribution in [0.4, 0.5) is 8.78 Å². The van der Waals surface area contributed by atoms with E-state index in [1.807, 2.05) is 6.92 Å². The number of hydrogen-bond acceptors (Lipinski definition) is 2. The van der Waals surface area contributed by atoms with Gasteiger partial charge in [0, 0.05) is 0 Å². The van der Waals surface area contributed by atoms with Gasteiger partial charge in [-0.2, -0.15) is 5.10 Å². The molecule has 1 heterocycles. The van der Waals surface area contributed by atoms with E-state index in [4.69, 9.17) is 0 Å². The van der Waals surface area contributed by atoms with Crippen LogP contribution < -0.4 is 0 Å². The molecule has 0 aliphatic rings. The maximum Gasteiger partial charge on any atom is 0.282 e. The molecule has 0 saturated carbocycles. The molecule has 2 nitrogen and oxygen atoms in total. The van der Waals surface area contributed by atoms with Crippen LogP contribution in [0.1, 0.15) is 30.3 Å². The van der Waals surface area contributed by atoms with Crippen LogP contribution in [0.3, 0.4) is 0 Å². The Kier molecular flexibility index (Phi) is 2.68. The third-order valence-corrected chi connectivity index (χ3v) is 1.66. The fourth-order valence-corrected chi connectivity index (χ4v) is 0.987. The maximum atomic E-state index is 12.1. The van der Waals surface area contributed by atoms with Crippen molar-refractivity contribution in [2.45, 2.75) is 26.7 Å². The minimum absolute atomic E-state index is 0.246. The molecule has 0 spiro atoms. The summed E-state index contributed by atoms with van der Waals surface area (Å²) < 4.78 is 24.2. The number of nitrogens with zero attached hydrogens (tertiary/aromatic N) is 2. The van der Waals surface area contributed by atoms with Crippen LogP contribution in [0.15, 0.2) is 6.07 Å². The molecule has 1 rings (SSSR count). The summed E-state index contributed by atoms with van der Waals surface area (Å²) in [7, 11) is 0. The SMILES string of the molecule is CCc1nnc(C(F)F)cc1C. The second kappa shape index (κ2) is 3.56. The van der Waals surface area contributed by atoms with Gasteiger partial charge < -0.3 is 0 Å². The highest BCUT2D eigenvalue weighted by Gasteiger charge is 2.10. The molecular formula is C8H10F2N2. The zero-order chi connectivity index (χ0) is 9.14. The molecule has 4 heteroatoms. The number of alkyl halides is 2.